The van der Waals surface area contributed by atoms with Crippen LogP contribution < -0.4 is 11.5 Å². The molecular formula is C13H12N2S. The zero-order chi connectivity index (χ0) is 11.1. The van der Waals surface area contributed by atoms with Crippen LogP contribution in [0, 0.1) is 0 Å². The summed E-state index contributed by atoms with van der Waals surface area (Å²) in [5.41, 5.74) is 12.6. The number of fused-ring (bicyclic) bond motifs is 3. The summed E-state index contributed by atoms with van der Waals surface area (Å²) in [5, 5.41) is 2.46. The monoisotopic (exact) mass is 228 g/mol. The van der Waals surface area contributed by atoms with Gasteiger partial charge in [0.25, 0.3) is 0 Å². The van der Waals surface area contributed by atoms with E-state index in [1.165, 1.54) is 20.2 Å². The first-order valence-electron chi connectivity index (χ1n) is 5.18. The fourth-order valence-corrected chi connectivity index (χ4v) is 3.22. The molecule has 0 saturated carbocycles. The summed E-state index contributed by atoms with van der Waals surface area (Å²) in [6.45, 7) is 0. The Morgan fingerprint density at radius 1 is 0.875 bits per heavy atom. The SMILES string of the molecule is NC(N)c1cccc2sc3ccccc3c12. The van der Waals surface area contributed by atoms with Crippen molar-refractivity contribution in [3.8, 4) is 0 Å². The third kappa shape index (κ3) is 1.33. The van der Waals surface area contributed by atoms with Gasteiger partial charge in [-0.3, -0.25) is 0 Å². The third-order valence-electron chi connectivity index (χ3n) is 2.79. The molecule has 3 heteroatoms. The molecule has 1 heterocycles. The van der Waals surface area contributed by atoms with Crippen LogP contribution in [0.4, 0.5) is 0 Å². The second-order valence-corrected chi connectivity index (χ2v) is 4.93. The van der Waals surface area contributed by atoms with Crippen molar-refractivity contribution in [1.82, 2.24) is 0 Å². The van der Waals surface area contributed by atoms with Gasteiger partial charge in [0.05, 0.1) is 6.17 Å². The Hall–Kier alpha value is -1.42. The predicted octanol–water partition coefficient (Wildman–Crippen LogP) is 2.97. The first kappa shape index (κ1) is 9.78. The maximum atomic E-state index is 5.81. The zero-order valence-electron chi connectivity index (χ0n) is 8.68. The molecule has 0 unspecified atom stereocenters. The normalized spacial score (nSPS) is 11.7. The van der Waals surface area contributed by atoms with Gasteiger partial charge in [0.2, 0.25) is 0 Å². The summed E-state index contributed by atoms with van der Waals surface area (Å²) < 4.78 is 2.53. The summed E-state index contributed by atoms with van der Waals surface area (Å²) in [6.07, 6.45) is -0.415. The van der Waals surface area contributed by atoms with Crippen LogP contribution in [0.2, 0.25) is 0 Å². The van der Waals surface area contributed by atoms with E-state index in [9.17, 15) is 0 Å². The lowest BCUT2D eigenvalue weighted by Gasteiger charge is -2.07. The lowest BCUT2D eigenvalue weighted by atomic mass is 10.0. The topological polar surface area (TPSA) is 52.0 Å². The van der Waals surface area contributed by atoms with E-state index in [4.69, 9.17) is 11.5 Å². The lowest BCUT2D eigenvalue weighted by molar-refractivity contribution is 0.782. The standard InChI is InChI=1S/C13H12N2S/c14-13(15)9-5-3-7-11-12(9)8-4-1-2-6-10(8)16-11/h1-7,13H,14-15H2. The molecule has 0 aliphatic carbocycles. The van der Waals surface area contributed by atoms with Gasteiger partial charge in [-0.2, -0.15) is 0 Å². The van der Waals surface area contributed by atoms with Gasteiger partial charge in [-0.15, -0.1) is 11.3 Å². The van der Waals surface area contributed by atoms with Crippen LogP contribution >= 0.6 is 11.3 Å². The molecule has 0 aliphatic heterocycles. The van der Waals surface area contributed by atoms with Gasteiger partial charge in [0.1, 0.15) is 0 Å². The van der Waals surface area contributed by atoms with E-state index in [0.29, 0.717) is 0 Å². The minimum absolute atomic E-state index is 0.415. The minimum Gasteiger partial charge on any atom is -0.312 e. The summed E-state index contributed by atoms with van der Waals surface area (Å²) in [6, 6.07) is 14.5. The Balaban J connectivity index is 2.53. The van der Waals surface area contributed by atoms with Crippen molar-refractivity contribution < 1.29 is 0 Å². The second-order valence-electron chi connectivity index (χ2n) is 3.84. The van der Waals surface area contributed by atoms with Crippen molar-refractivity contribution in [2.45, 2.75) is 6.17 Å². The number of hydrogen-bond donors (Lipinski definition) is 2. The molecule has 0 radical (unpaired) electrons. The van der Waals surface area contributed by atoms with Crippen LogP contribution in [-0.2, 0) is 0 Å². The van der Waals surface area contributed by atoms with Crippen LogP contribution in [0.3, 0.4) is 0 Å². The molecule has 2 nitrogen and oxygen atoms in total. The van der Waals surface area contributed by atoms with Crippen molar-refractivity contribution >= 4 is 31.5 Å². The van der Waals surface area contributed by atoms with Gasteiger partial charge < -0.3 is 11.5 Å². The smallest absolute Gasteiger partial charge is 0.0791 e. The molecule has 16 heavy (non-hydrogen) atoms. The van der Waals surface area contributed by atoms with Crippen LogP contribution in [-0.4, -0.2) is 0 Å². The van der Waals surface area contributed by atoms with Gasteiger partial charge in [-0.1, -0.05) is 30.3 Å². The molecule has 3 rings (SSSR count). The number of nitrogens with two attached hydrogens (primary N) is 2. The Kier molecular flexibility index (Phi) is 2.17. The zero-order valence-corrected chi connectivity index (χ0v) is 9.50. The molecular weight excluding hydrogens is 216 g/mol. The maximum absolute atomic E-state index is 5.81. The highest BCUT2D eigenvalue weighted by molar-refractivity contribution is 7.25. The largest absolute Gasteiger partial charge is 0.312 e. The Bertz CT molecular complexity index is 655. The van der Waals surface area contributed by atoms with E-state index < -0.39 is 6.17 Å². The quantitative estimate of drug-likeness (QED) is 0.629. The van der Waals surface area contributed by atoms with Gasteiger partial charge in [0.15, 0.2) is 0 Å². The Morgan fingerprint density at radius 2 is 1.62 bits per heavy atom. The average molecular weight is 228 g/mol. The van der Waals surface area contributed by atoms with Gasteiger partial charge in [0, 0.05) is 20.2 Å². The number of benzene rings is 2. The minimum atomic E-state index is -0.415. The van der Waals surface area contributed by atoms with Crippen LogP contribution in [0.25, 0.3) is 20.2 Å². The molecule has 80 valence electrons. The van der Waals surface area contributed by atoms with Gasteiger partial charge >= 0.3 is 0 Å². The summed E-state index contributed by atoms with van der Waals surface area (Å²) in [7, 11) is 0. The Morgan fingerprint density at radius 3 is 2.44 bits per heavy atom. The first-order valence-corrected chi connectivity index (χ1v) is 6.00. The van der Waals surface area contributed by atoms with Gasteiger partial charge in [-0.05, 0) is 17.7 Å². The molecule has 0 fully saturated rings. The van der Waals surface area contributed by atoms with E-state index >= 15 is 0 Å². The van der Waals surface area contributed by atoms with E-state index in [2.05, 4.69) is 24.3 Å². The molecule has 0 aliphatic rings. The lowest BCUT2D eigenvalue weighted by Crippen LogP contribution is -2.20. The molecule has 0 atom stereocenters. The molecule has 0 spiro atoms. The average Bonchev–Trinajstić information content (AvgIpc) is 2.66. The molecule has 1 aromatic heterocycles. The van der Waals surface area contributed by atoms with E-state index in [1.807, 2.05) is 18.2 Å². The fourth-order valence-electron chi connectivity index (χ4n) is 2.08. The molecule has 2 aromatic carbocycles. The van der Waals surface area contributed by atoms with Crippen molar-refractivity contribution in [2.75, 3.05) is 0 Å². The molecule has 0 amide bonds. The van der Waals surface area contributed by atoms with Crippen LogP contribution in [0.1, 0.15) is 11.7 Å². The van der Waals surface area contributed by atoms with Crippen LogP contribution in [0.15, 0.2) is 42.5 Å². The van der Waals surface area contributed by atoms with Crippen LogP contribution in [0.5, 0.6) is 0 Å². The predicted molar refractivity (Wildman–Crippen MR) is 70.4 cm³/mol. The molecule has 4 N–H and O–H groups in total. The van der Waals surface area contributed by atoms with E-state index in [0.717, 1.165) is 5.56 Å². The summed E-state index contributed by atoms with van der Waals surface area (Å²) >= 11 is 1.78. The number of thiophene rings is 1. The molecule has 0 bridgehead atoms. The van der Waals surface area contributed by atoms with Gasteiger partial charge in [-0.25, -0.2) is 0 Å². The molecule has 0 saturated heterocycles. The maximum Gasteiger partial charge on any atom is 0.0791 e. The van der Waals surface area contributed by atoms with E-state index in [-0.39, 0.29) is 0 Å². The highest BCUT2D eigenvalue weighted by atomic mass is 32.1. The van der Waals surface area contributed by atoms with Crippen molar-refractivity contribution in [2.24, 2.45) is 11.5 Å². The number of hydrogen-bond acceptors (Lipinski definition) is 3. The first-order chi connectivity index (χ1) is 7.77. The summed E-state index contributed by atoms with van der Waals surface area (Å²) in [5.74, 6) is 0. The Labute approximate surface area is 97.5 Å². The molecule has 3 aromatic rings. The van der Waals surface area contributed by atoms with E-state index in [1.54, 1.807) is 11.3 Å². The van der Waals surface area contributed by atoms with Crippen molar-refractivity contribution in [3.05, 3.63) is 48.0 Å². The third-order valence-corrected chi connectivity index (χ3v) is 3.93. The number of rotatable bonds is 1. The fraction of sp³-hybridized carbons (Fsp3) is 0.0769. The highest BCUT2D eigenvalue weighted by Gasteiger charge is 2.10. The highest BCUT2D eigenvalue weighted by Crippen LogP contribution is 2.36. The van der Waals surface area contributed by atoms with Crippen molar-refractivity contribution in [3.63, 3.8) is 0 Å². The second kappa shape index (κ2) is 3.56. The summed E-state index contributed by atoms with van der Waals surface area (Å²) in [4.78, 5) is 0. The van der Waals surface area contributed by atoms with Crippen molar-refractivity contribution in [1.29, 1.82) is 0 Å².